The number of nitrogens with one attached hydrogen (secondary N) is 2. The topological polar surface area (TPSA) is 115 Å². The molecule has 9 heteroatoms. The van der Waals surface area contributed by atoms with Crippen molar-refractivity contribution in [3.05, 3.63) is 65.9 Å². The average molecular weight is 442 g/mol. The Hall–Kier alpha value is -3.56. The summed E-state index contributed by atoms with van der Waals surface area (Å²) in [5, 5.41) is 1.11. The maximum Gasteiger partial charge on any atom is 0.293 e. The molecule has 4 rings (SSSR count). The molecule has 0 radical (unpaired) electrons. The zero-order chi connectivity index (χ0) is 23.5. The van der Waals surface area contributed by atoms with Gasteiger partial charge in [0.15, 0.2) is 6.29 Å². The predicted octanol–water partition coefficient (Wildman–Crippen LogP) is 3.27. The zero-order valence-electron chi connectivity index (χ0n) is 18.3. The van der Waals surface area contributed by atoms with E-state index in [1.807, 2.05) is 48.9 Å². The van der Waals surface area contributed by atoms with Gasteiger partial charge in [-0.3, -0.25) is 20.9 Å². The largest absolute Gasteiger partial charge is 0.468 e. The van der Waals surface area contributed by atoms with E-state index in [0.717, 1.165) is 34.2 Å². The first-order chi connectivity index (χ1) is 15.4. The molecule has 4 aromatic rings. The molecular formula is C23H28FN5O3. The minimum atomic E-state index is -0.261. The number of aromatic nitrogens is 3. The minimum absolute atomic E-state index is 0.135. The van der Waals surface area contributed by atoms with E-state index in [1.54, 1.807) is 13.0 Å². The number of carbonyl (C=O) groups excluding carboxylic acids is 2. The van der Waals surface area contributed by atoms with Crippen LogP contribution >= 0.6 is 0 Å². The molecule has 0 aliphatic heterocycles. The van der Waals surface area contributed by atoms with Gasteiger partial charge in [0.2, 0.25) is 0 Å². The molecular weight excluding hydrogens is 413 g/mol. The highest BCUT2D eigenvalue weighted by molar-refractivity contribution is 5.88. The number of hydrogen-bond acceptors (Lipinski definition) is 6. The van der Waals surface area contributed by atoms with E-state index >= 15 is 0 Å². The summed E-state index contributed by atoms with van der Waals surface area (Å²) in [7, 11) is 1.89. The Kier molecular flexibility index (Phi) is 9.52. The number of imidazole rings is 1. The van der Waals surface area contributed by atoms with Gasteiger partial charge in [0.1, 0.15) is 11.6 Å². The van der Waals surface area contributed by atoms with Gasteiger partial charge in [0.25, 0.3) is 6.47 Å². The van der Waals surface area contributed by atoms with Crippen molar-refractivity contribution in [2.45, 2.75) is 26.3 Å². The summed E-state index contributed by atoms with van der Waals surface area (Å²) in [6.45, 7) is 4.62. The van der Waals surface area contributed by atoms with Crippen molar-refractivity contribution >= 4 is 34.7 Å². The number of benzene rings is 2. The fraction of sp³-hybridized carbons (Fsp3) is 0.261. The van der Waals surface area contributed by atoms with Crippen LogP contribution in [0.1, 0.15) is 30.2 Å². The van der Waals surface area contributed by atoms with Crippen molar-refractivity contribution < 1.29 is 18.7 Å². The lowest BCUT2D eigenvalue weighted by molar-refractivity contribution is -0.128. The number of aryl methyl sites for hydroxylation is 1. The fourth-order valence-electron chi connectivity index (χ4n) is 2.97. The van der Waals surface area contributed by atoms with E-state index < -0.39 is 0 Å². The number of aldehydes is 1. The number of aromatic amines is 1. The second-order valence-electron chi connectivity index (χ2n) is 6.97. The van der Waals surface area contributed by atoms with Crippen LogP contribution in [-0.2, 0) is 23.0 Å². The number of hydrogen-bond donors (Lipinski definition) is 3. The predicted molar refractivity (Wildman–Crippen MR) is 123 cm³/mol. The van der Waals surface area contributed by atoms with Gasteiger partial charge in [0.05, 0.1) is 23.3 Å². The van der Waals surface area contributed by atoms with Crippen molar-refractivity contribution in [2.75, 3.05) is 6.61 Å². The lowest BCUT2D eigenvalue weighted by Crippen LogP contribution is -2.34. The molecule has 8 nitrogen and oxygen atoms in total. The highest BCUT2D eigenvalue weighted by atomic mass is 19.1. The fourth-order valence-corrected chi connectivity index (χ4v) is 2.97. The molecule has 0 amide bonds. The maximum absolute atomic E-state index is 12.9. The molecule has 0 fully saturated rings. The van der Waals surface area contributed by atoms with Crippen molar-refractivity contribution in [1.82, 2.24) is 20.0 Å². The summed E-state index contributed by atoms with van der Waals surface area (Å²) >= 11 is 0. The van der Waals surface area contributed by atoms with Crippen LogP contribution in [-0.4, -0.2) is 39.9 Å². The summed E-state index contributed by atoms with van der Waals surface area (Å²) in [5.41, 5.74) is 5.94. The van der Waals surface area contributed by atoms with Crippen LogP contribution in [0.4, 0.5) is 4.39 Å². The molecule has 0 aliphatic carbocycles. The molecule has 0 spiro atoms. The van der Waals surface area contributed by atoms with Gasteiger partial charge in [0, 0.05) is 30.4 Å². The Morgan fingerprint density at radius 3 is 2.59 bits per heavy atom. The van der Waals surface area contributed by atoms with Crippen LogP contribution in [0, 0.1) is 5.82 Å². The average Bonchev–Trinajstić information content (AvgIpc) is 3.34. The van der Waals surface area contributed by atoms with Crippen LogP contribution in [0.2, 0.25) is 0 Å². The van der Waals surface area contributed by atoms with E-state index in [0.29, 0.717) is 25.0 Å². The van der Waals surface area contributed by atoms with Crippen molar-refractivity contribution in [3.63, 3.8) is 0 Å². The molecule has 170 valence electrons. The molecule has 0 bridgehead atoms. The Bertz CT molecular complexity index is 1160. The van der Waals surface area contributed by atoms with Crippen LogP contribution in [0.15, 0.2) is 48.5 Å². The van der Waals surface area contributed by atoms with Gasteiger partial charge in [-0.05, 0) is 44.2 Å². The highest BCUT2D eigenvalue weighted by Crippen LogP contribution is 2.16. The first-order valence-electron chi connectivity index (χ1n) is 10.1. The van der Waals surface area contributed by atoms with Crippen molar-refractivity contribution in [1.29, 1.82) is 0 Å². The second-order valence-corrected chi connectivity index (χ2v) is 6.97. The smallest absolute Gasteiger partial charge is 0.293 e. The molecule has 0 saturated heterocycles. The number of ether oxygens (including phenoxy) is 1. The molecule has 4 N–H and O–H groups in total. The third kappa shape index (κ3) is 6.73. The highest BCUT2D eigenvalue weighted by Gasteiger charge is 2.07. The van der Waals surface area contributed by atoms with E-state index in [2.05, 4.69) is 20.1 Å². The first kappa shape index (κ1) is 24.7. The summed E-state index contributed by atoms with van der Waals surface area (Å²) in [6.07, 6.45) is 1.56. The number of hydrazine groups is 1. The van der Waals surface area contributed by atoms with Gasteiger partial charge >= 0.3 is 0 Å². The Balaban J connectivity index is 0.000000191. The molecule has 1 unspecified atom stereocenters. The number of H-pyrrole nitrogens is 1. The number of halogens is 1. The maximum atomic E-state index is 12.9. The molecule has 32 heavy (non-hydrogen) atoms. The van der Waals surface area contributed by atoms with E-state index in [1.165, 1.54) is 12.1 Å². The number of rotatable bonds is 6. The summed E-state index contributed by atoms with van der Waals surface area (Å²) in [4.78, 5) is 27.1. The molecule has 2 heterocycles. The van der Waals surface area contributed by atoms with Gasteiger partial charge < -0.3 is 14.3 Å². The lowest BCUT2D eigenvalue weighted by Gasteiger charge is -2.05. The molecule has 1 atom stereocenters. The van der Waals surface area contributed by atoms with Gasteiger partial charge in [-0.2, -0.15) is 0 Å². The summed E-state index contributed by atoms with van der Waals surface area (Å²) in [5.74, 6) is 5.83. The van der Waals surface area contributed by atoms with Crippen LogP contribution < -0.4 is 11.3 Å². The molecule has 0 aliphatic rings. The van der Waals surface area contributed by atoms with Gasteiger partial charge in [-0.25, -0.2) is 9.37 Å². The quantitative estimate of drug-likeness (QED) is 0.240. The van der Waals surface area contributed by atoms with Crippen molar-refractivity contribution in [3.8, 4) is 0 Å². The standard InChI is InChI=1S/C10H13FN4.C10H9NO.C3H6O2/c1-6(15-12)4-10-13-8-3-2-7(11)5-9(8)14-10;1-11-9(7-12)6-8-4-2-3-5-10(8)11;1-2-5-3-4/h2-3,5-6,15H,4,12H2,1H3,(H,13,14);2-7H,1H3;3H,2H2,1H3. The third-order valence-corrected chi connectivity index (χ3v) is 4.62. The summed E-state index contributed by atoms with van der Waals surface area (Å²) < 4.78 is 18.9. The second kappa shape index (κ2) is 12.3. The monoisotopic (exact) mass is 441 g/mol. The molecule has 2 aromatic heterocycles. The number of nitrogens with zero attached hydrogens (tertiary/aromatic N) is 2. The van der Waals surface area contributed by atoms with Crippen LogP contribution in [0.25, 0.3) is 21.9 Å². The lowest BCUT2D eigenvalue weighted by atomic mass is 10.2. The molecule has 2 aromatic carbocycles. The third-order valence-electron chi connectivity index (χ3n) is 4.62. The van der Waals surface area contributed by atoms with Gasteiger partial charge in [-0.1, -0.05) is 18.2 Å². The van der Waals surface area contributed by atoms with E-state index in [4.69, 9.17) is 5.84 Å². The van der Waals surface area contributed by atoms with E-state index in [-0.39, 0.29) is 11.9 Å². The minimum Gasteiger partial charge on any atom is -0.468 e. The number of para-hydroxylation sites is 1. The van der Waals surface area contributed by atoms with E-state index in [9.17, 15) is 14.0 Å². The zero-order valence-corrected chi connectivity index (χ0v) is 18.3. The van der Waals surface area contributed by atoms with Crippen molar-refractivity contribution in [2.24, 2.45) is 12.9 Å². The Morgan fingerprint density at radius 2 is 2.00 bits per heavy atom. The normalized spacial score (nSPS) is 11.2. The number of carbonyl (C=O) groups is 2. The number of nitrogens with two attached hydrogens (primary N) is 1. The SMILES string of the molecule is CC(Cc1nc2ccc(F)cc2[nH]1)NN.CCOC=O.Cn1c(C=O)cc2ccccc21. The van der Waals surface area contributed by atoms with Gasteiger partial charge in [-0.15, -0.1) is 0 Å². The van der Waals surface area contributed by atoms with Crippen LogP contribution in [0.3, 0.4) is 0 Å². The summed E-state index contributed by atoms with van der Waals surface area (Å²) in [6, 6.07) is 14.5. The Morgan fingerprint density at radius 1 is 1.25 bits per heavy atom. The first-order valence-corrected chi connectivity index (χ1v) is 10.1. The van der Waals surface area contributed by atoms with Crippen LogP contribution in [0.5, 0.6) is 0 Å². The molecule has 0 saturated carbocycles. The number of fused-ring (bicyclic) bond motifs is 2. The Labute approximate surface area is 185 Å².